The van der Waals surface area contributed by atoms with Crippen LogP contribution in [0.1, 0.15) is 51.4 Å². The maximum absolute atomic E-state index is 11.5. The van der Waals surface area contributed by atoms with Gasteiger partial charge < -0.3 is 36.2 Å². The zero-order valence-corrected chi connectivity index (χ0v) is 14.6. The van der Waals surface area contributed by atoms with E-state index in [2.05, 4.69) is 34.6 Å². The van der Waals surface area contributed by atoms with E-state index in [4.69, 9.17) is 20.5 Å². The van der Waals surface area contributed by atoms with E-state index in [1.54, 1.807) is 0 Å². The molecule has 0 aliphatic carbocycles. The number of carbonyl (C=O) groups is 2. The highest BCUT2D eigenvalue weighted by atomic mass is 16.5. The summed E-state index contributed by atoms with van der Waals surface area (Å²) in [5.74, 6) is -1.25. The lowest BCUT2D eigenvalue weighted by molar-refractivity contribution is -0.141. The van der Waals surface area contributed by atoms with E-state index in [1.807, 2.05) is 0 Å². The van der Waals surface area contributed by atoms with Gasteiger partial charge in [-0.2, -0.15) is 4.98 Å². The van der Waals surface area contributed by atoms with Gasteiger partial charge in [0.15, 0.2) is 11.9 Å². The number of nitrogens with one attached hydrogen (secondary N) is 2. The Morgan fingerprint density at radius 1 is 1.32 bits per heavy atom. The molecule has 1 heterocycles. The van der Waals surface area contributed by atoms with Gasteiger partial charge in [0.25, 0.3) is 0 Å². The zero-order chi connectivity index (χ0) is 19.4. The molecule has 0 radical (unpaired) electrons. The van der Waals surface area contributed by atoms with Crippen molar-refractivity contribution in [2.24, 2.45) is 5.73 Å². The van der Waals surface area contributed by atoms with Crippen molar-refractivity contribution in [3.63, 3.8) is 0 Å². The van der Waals surface area contributed by atoms with Gasteiger partial charge in [-0.15, -0.1) is 0 Å². The van der Waals surface area contributed by atoms with Crippen LogP contribution < -0.4 is 16.4 Å². The van der Waals surface area contributed by atoms with Gasteiger partial charge in [0.2, 0.25) is 5.89 Å². The third-order valence-corrected chi connectivity index (χ3v) is 2.95. The van der Waals surface area contributed by atoms with Gasteiger partial charge in [-0.05, 0) is 6.92 Å². The molecule has 0 spiro atoms. The first-order valence-corrected chi connectivity index (χ1v) is 7.90. The van der Waals surface area contributed by atoms with Crippen LogP contribution in [0.4, 0.5) is 4.79 Å². The van der Waals surface area contributed by atoms with Crippen molar-refractivity contribution in [1.82, 2.24) is 20.8 Å². The smallest absolute Gasteiger partial charge is 0.328 e. The number of hydrogen-bond acceptors (Lipinski definition) is 8. The molecule has 1 aromatic rings. The Morgan fingerprint density at radius 3 is 2.36 bits per heavy atom. The first kappa shape index (κ1) is 22.8. The van der Waals surface area contributed by atoms with E-state index in [-0.39, 0.29) is 24.9 Å². The standard InChI is InChI=1S/C10H17N5O6.C4H10/c1-4(17)7(9(18)19)14-10(20)12-2-6-13-8(15-21-6)5(11)3-16;1-3-4-2/h4-5,7,16-17H,2-3,11H2,1H3,(H,18,19)(H2,12,14,20);3-4H2,1-2H3. The number of carboxylic acid groups (broad SMARTS) is 1. The summed E-state index contributed by atoms with van der Waals surface area (Å²) in [6, 6.07) is -3.05. The summed E-state index contributed by atoms with van der Waals surface area (Å²) < 4.78 is 4.78. The molecule has 0 fully saturated rings. The Bertz CT molecular complexity index is 520. The molecule has 7 N–H and O–H groups in total. The highest BCUT2D eigenvalue weighted by Crippen LogP contribution is 2.04. The predicted molar refractivity (Wildman–Crippen MR) is 87.4 cm³/mol. The molecule has 2 amide bonds. The summed E-state index contributed by atoms with van der Waals surface area (Å²) in [7, 11) is 0. The van der Waals surface area contributed by atoms with Crippen molar-refractivity contribution in [2.75, 3.05) is 6.61 Å². The maximum atomic E-state index is 11.5. The molecule has 0 aliphatic rings. The number of unbranched alkanes of at least 4 members (excludes halogenated alkanes) is 1. The molecular formula is C14H27N5O6. The lowest BCUT2D eigenvalue weighted by Gasteiger charge is -2.16. The normalized spacial score (nSPS) is 13.8. The molecule has 0 bridgehead atoms. The minimum Gasteiger partial charge on any atom is -0.480 e. The second kappa shape index (κ2) is 12.2. The number of aromatic nitrogens is 2. The fourth-order valence-electron chi connectivity index (χ4n) is 1.31. The molecular weight excluding hydrogens is 334 g/mol. The van der Waals surface area contributed by atoms with E-state index in [0.717, 1.165) is 0 Å². The van der Waals surface area contributed by atoms with Gasteiger partial charge in [0.05, 0.1) is 25.3 Å². The molecule has 0 saturated heterocycles. The van der Waals surface area contributed by atoms with Gasteiger partial charge in [-0.3, -0.25) is 0 Å². The van der Waals surface area contributed by atoms with E-state index >= 15 is 0 Å². The maximum Gasteiger partial charge on any atom is 0.328 e. The Morgan fingerprint density at radius 2 is 1.92 bits per heavy atom. The number of urea groups is 1. The highest BCUT2D eigenvalue weighted by molar-refractivity contribution is 5.82. The lowest BCUT2D eigenvalue weighted by atomic mass is 10.2. The van der Waals surface area contributed by atoms with Crippen molar-refractivity contribution < 1.29 is 29.4 Å². The van der Waals surface area contributed by atoms with Crippen LogP contribution in [0, 0.1) is 0 Å². The largest absolute Gasteiger partial charge is 0.480 e. The lowest BCUT2D eigenvalue weighted by Crippen LogP contribution is -2.51. The monoisotopic (exact) mass is 361 g/mol. The molecule has 11 nitrogen and oxygen atoms in total. The number of hydrogen-bond donors (Lipinski definition) is 6. The molecule has 0 saturated carbocycles. The molecule has 3 atom stereocenters. The van der Waals surface area contributed by atoms with Crippen molar-refractivity contribution in [2.45, 2.75) is 58.3 Å². The van der Waals surface area contributed by atoms with Gasteiger partial charge in [-0.1, -0.05) is 31.8 Å². The summed E-state index contributed by atoms with van der Waals surface area (Å²) in [5, 5.41) is 34.7. The van der Waals surface area contributed by atoms with Crippen LogP contribution in [-0.2, 0) is 11.3 Å². The number of nitrogens with two attached hydrogens (primary N) is 1. The summed E-state index contributed by atoms with van der Waals surface area (Å²) in [6.45, 7) is 5.07. The Balaban J connectivity index is 0.00000129. The van der Waals surface area contributed by atoms with Crippen LogP contribution >= 0.6 is 0 Å². The molecule has 3 unspecified atom stereocenters. The van der Waals surface area contributed by atoms with Crippen LogP contribution in [-0.4, -0.2) is 56.2 Å². The van der Waals surface area contributed by atoms with Crippen molar-refractivity contribution in [3.05, 3.63) is 11.7 Å². The fraction of sp³-hybridized carbons (Fsp3) is 0.714. The van der Waals surface area contributed by atoms with Crippen molar-refractivity contribution >= 4 is 12.0 Å². The van der Waals surface area contributed by atoms with Gasteiger partial charge in [-0.25, -0.2) is 9.59 Å². The van der Waals surface area contributed by atoms with E-state index in [1.165, 1.54) is 19.8 Å². The molecule has 0 aliphatic heterocycles. The molecule has 144 valence electrons. The highest BCUT2D eigenvalue weighted by Gasteiger charge is 2.25. The van der Waals surface area contributed by atoms with Crippen molar-refractivity contribution in [1.29, 1.82) is 0 Å². The minimum absolute atomic E-state index is 0.0352. The quantitative estimate of drug-likeness (QED) is 0.355. The van der Waals surface area contributed by atoms with Crippen LogP contribution in [0.2, 0.25) is 0 Å². The second-order valence-corrected chi connectivity index (χ2v) is 5.22. The van der Waals surface area contributed by atoms with Crippen LogP contribution in [0.25, 0.3) is 0 Å². The number of amides is 2. The second-order valence-electron chi connectivity index (χ2n) is 5.22. The topological polar surface area (TPSA) is 184 Å². The first-order chi connectivity index (χ1) is 11.8. The predicted octanol–water partition coefficient (Wildman–Crippen LogP) is -0.499. The Kier molecular flexibility index (Phi) is 11.1. The van der Waals surface area contributed by atoms with E-state index < -0.39 is 30.2 Å². The molecule has 0 aromatic carbocycles. The number of nitrogens with zero attached hydrogens (tertiary/aromatic N) is 2. The van der Waals surface area contributed by atoms with E-state index in [0.29, 0.717) is 0 Å². The summed E-state index contributed by atoms with van der Waals surface area (Å²) in [4.78, 5) is 26.1. The van der Waals surface area contributed by atoms with Gasteiger partial charge in [0.1, 0.15) is 0 Å². The van der Waals surface area contributed by atoms with Gasteiger partial charge >= 0.3 is 12.0 Å². The molecule has 1 rings (SSSR count). The van der Waals surface area contributed by atoms with E-state index in [9.17, 15) is 14.7 Å². The fourth-order valence-corrected chi connectivity index (χ4v) is 1.31. The third-order valence-electron chi connectivity index (χ3n) is 2.95. The Hall–Kier alpha value is -2.24. The SMILES string of the molecule is CC(O)C(NC(=O)NCc1nc(C(N)CO)no1)C(=O)O.CCCC. The number of carbonyl (C=O) groups excluding carboxylic acids is 1. The van der Waals surface area contributed by atoms with Gasteiger partial charge in [0, 0.05) is 0 Å². The minimum atomic E-state index is -1.44. The third kappa shape index (κ3) is 8.98. The average Bonchev–Trinajstić information content (AvgIpc) is 3.05. The van der Waals surface area contributed by atoms with Crippen LogP contribution in [0.5, 0.6) is 0 Å². The summed E-state index contributed by atoms with van der Waals surface area (Å²) in [6.07, 6.45) is 1.38. The Labute approximate surface area is 145 Å². The average molecular weight is 361 g/mol. The number of carboxylic acids is 1. The summed E-state index contributed by atoms with van der Waals surface area (Å²) in [5.41, 5.74) is 5.47. The first-order valence-electron chi connectivity index (χ1n) is 7.90. The summed E-state index contributed by atoms with van der Waals surface area (Å²) >= 11 is 0. The van der Waals surface area contributed by atoms with Crippen LogP contribution in [0.15, 0.2) is 4.52 Å². The number of aliphatic hydroxyl groups is 2. The number of rotatable bonds is 8. The zero-order valence-electron chi connectivity index (χ0n) is 14.6. The number of aliphatic carboxylic acids is 1. The van der Waals surface area contributed by atoms with Crippen molar-refractivity contribution in [3.8, 4) is 0 Å². The molecule has 1 aromatic heterocycles. The number of aliphatic hydroxyl groups excluding tert-OH is 2. The molecule has 25 heavy (non-hydrogen) atoms. The molecule has 11 heteroatoms. The van der Waals surface area contributed by atoms with Crippen LogP contribution in [0.3, 0.4) is 0 Å².